The van der Waals surface area contributed by atoms with Gasteiger partial charge >= 0.3 is 0 Å². The van der Waals surface area contributed by atoms with Gasteiger partial charge in [-0.1, -0.05) is 44.2 Å². The maximum absolute atomic E-state index is 13.1. The van der Waals surface area contributed by atoms with Crippen LogP contribution in [0.15, 0.2) is 59.6 Å². The number of rotatable bonds is 2. The second-order valence-corrected chi connectivity index (χ2v) is 6.72. The number of hydrogen-bond acceptors (Lipinski definition) is 2. The summed E-state index contributed by atoms with van der Waals surface area (Å²) in [6.07, 6.45) is 0. The molecule has 1 fully saturated rings. The van der Waals surface area contributed by atoms with Crippen molar-refractivity contribution in [1.82, 2.24) is 10.6 Å². The van der Waals surface area contributed by atoms with Gasteiger partial charge in [0, 0.05) is 13.1 Å². The zero-order valence-corrected chi connectivity index (χ0v) is 13.5. The van der Waals surface area contributed by atoms with E-state index in [0.717, 1.165) is 24.6 Å². The zero-order chi connectivity index (χ0) is 16.3. The summed E-state index contributed by atoms with van der Waals surface area (Å²) in [6.45, 7) is 6.16. The van der Waals surface area contributed by atoms with Gasteiger partial charge in [0.1, 0.15) is 11.7 Å². The van der Waals surface area contributed by atoms with Gasteiger partial charge in [0.15, 0.2) is 0 Å². The molecular formula is C19H22FN3. The number of amidine groups is 1. The van der Waals surface area contributed by atoms with Crippen molar-refractivity contribution >= 4 is 11.5 Å². The van der Waals surface area contributed by atoms with E-state index in [1.165, 1.54) is 17.7 Å². The van der Waals surface area contributed by atoms with Crippen LogP contribution in [0.25, 0.3) is 0 Å². The van der Waals surface area contributed by atoms with Crippen LogP contribution in [0.2, 0.25) is 0 Å². The Labute approximate surface area is 136 Å². The molecule has 0 saturated carbocycles. The van der Waals surface area contributed by atoms with Gasteiger partial charge in [-0.15, -0.1) is 0 Å². The molecule has 1 atom stereocenters. The Morgan fingerprint density at radius 1 is 1.00 bits per heavy atom. The van der Waals surface area contributed by atoms with Crippen LogP contribution in [0, 0.1) is 11.2 Å². The Bertz CT molecular complexity index is 678. The molecular weight excluding hydrogens is 289 g/mol. The highest BCUT2D eigenvalue weighted by Crippen LogP contribution is 2.24. The molecule has 1 saturated heterocycles. The molecule has 0 aliphatic carbocycles. The van der Waals surface area contributed by atoms with Gasteiger partial charge in [-0.05, 0) is 35.2 Å². The average molecular weight is 311 g/mol. The topological polar surface area (TPSA) is 36.4 Å². The Balaban J connectivity index is 1.96. The Morgan fingerprint density at radius 3 is 2.39 bits per heavy atom. The summed E-state index contributed by atoms with van der Waals surface area (Å²) in [7, 11) is 0. The summed E-state index contributed by atoms with van der Waals surface area (Å²) >= 11 is 0. The normalized spacial score (nSPS) is 22.4. The summed E-state index contributed by atoms with van der Waals surface area (Å²) in [6, 6.07) is 16.5. The third-order valence-electron chi connectivity index (χ3n) is 4.02. The van der Waals surface area contributed by atoms with Crippen LogP contribution >= 0.6 is 0 Å². The molecule has 1 aliphatic rings. The fraction of sp³-hybridized carbons (Fsp3) is 0.316. The molecule has 1 aliphatic heterocycles. The predicted octanol–water partition coefficient (Wildman–Crippen LogP) is 3.82. The number of nitrogens with one attached hydrogen (secondary N) is 2. The van der Waals surface area contributed by atoms with E-state index >= 15 is 0 Å². The fourth-order valence-electron chi connectivity index (χ4n) is 2.65. The van der Waals surface area contributed by atoms with Crippen molar-refractivity contribution in [2.45, 2.75) is 19.9 Å². The van der Waals surface area contributed by atoms with E-state index in [9.17, 15) is 4.39 Å². The summed E-state index contributed by atoms with van der Waals surface area (Å²) in [5.74, 6) is 0.620. The van der Waals surface area contributed by atoms with Crippen molar-refractivity contribution < 1.29 is 4.39 Å². The van der Waals surface area contributed by atoms with Crippen molar-refractivity contribution in [3.63, 3.8) is 0 Å². The molecule has 3 nitrogen and oxygen atoms in total. The maximum Gasteiger partial charge on any atom is 0.124 e. The third-order valence-corrected chi connectivity index (χ3v) is 4.02. The van der Waals surface area contributed by atoms with E-state index in [-0.39, 0.29) is 17.3 Å². The van der Waals surface area contributed by atoms with Gasteiger partial charge in [-0.3, -0.25) is 0 Å². The molecule has 0 amide bonds. The summed E-state index contributed by atoms with van der Waals surface area (Å²) in [5.41, 5.74) is 2.04. The van der Waals surface area contributed by atoms with Crippen molar-refractivity contribution in [1.29, 1.82) is 0 Å². The lowest BCUT2D eigenvalue weighted by Gasteiger charge is -2.21. The van der Waals surface area contributed by atoms with E-state index in [2.05, 4.69) is 36.6 Å². The maximum atomic E-state index is 13.1. The molecule has 120 valence electrons. The van der Waals surface area contributed by atoms with Crippen LogP contribution in [0.3, 0.4) is 0 Å². The van der Waals surface area contributed by atoms with E-state index in [1.807, 2.05) is 18.2 Å². The molecule has 2 aromatic carbocycles. The highest BCUT2D eigenvalue weighted by molar-refractivity contribution is 5.91. The number of benzene rings is 2. The second kappa shape index (κ2) is 6.50. The van der Waals surface area contributed by atoms with Gasteiger partial charge in [-0.25, -0.2) is 9.38 Å². The quantitative estimate of drug-likeness (QED) is 0.884. The second-order valence-electron chi connectivity index (χ2n) is 6.72. The van der Waals surface area contributed by atoms with E-state index in [4.69, 9.17) is 4.99 Å². The smallest absolute Gasteiger partial charge is 0.124 e. The number of nitrogens with zero attached hydrogens (tertiary/aromatic N) is 1. The van der Waals surface area contributed by atoms with Crippen LogP contribution in [0.5, 0.6) is 0 Å². The van der Waals surface area contributed by atoms with Crippen molar-refractivity contribution in [2.24, 2.45) is 10.4 Å². The molecule has 23 heavy (non-hydrogen) atoms. The molecule has 0 spiro atoms. The molecule has 0 radical (unpaired) electrons. The number of aliphatic imine (C=N–C) groups is 1. The van der Waals surface area contributed by atoms with E-state index < -0.39 is 0 Å². The van der Waals surface area contributed by atoms with Crippen LogP contribution in [-0.4, -0.2) is 18.9 Å². The molecule has 0 bridgehead atoms. The van der Waals surface area contributed by atoms with Gasteiger partial charge in [-0.2, -0.15) is 0 Å². The van der Waals surface area contributed by atoms with Crippen molar-refractivity contribution in [3.8, 4) is 0 Å². The lowest BCUT2D eigenvalue weighted by Crippen LogP contribution is -2.34. The first-order valence-electron chi connectivity index (χ1n) is 7.90. The van der Waals surface area contributed by atoms with Crippen molar-refractivity contribution in [3.05, 3.63) is 66.0 Å². The molecule has 0 aromatic heterocycles. The monoisotopic (exact) mass is 311 g/mol. The minimum Gasteiger partial charge on any atom is -0.371 e. The summed E-state index contributed by atoms with van der Waals surface area (Å²) in [5, 5.41) is 7.08. The Hall–Kier alpha value is -2.20. The van der Waals surface area contributed by atoms with Crippen LogP contribution in [-0.2, 0) is 0 Å². The first-order chi connectivity index (χ1) is 11.0. The SMILES string of the molecule is CC1(C)CN/C(=N\c2ccc(F)cc2)C(c2ccccc2)NC1. The van der Waals surface area contributed by atoms with Crippen molar-refractivity contribution in [2.75, 3.05) is 13.1 Å². The number of hydrogen-bond donors (Lipinski definition) is 2. The van der Waals surface area contributed by atoms with Crippen LogP contribution < -0.4 is 10.6 Å². The molecule has 2 aromatic rings. The molecule has 1 unspecified atom stereocenters. The minimum atomic E-state index is -0.248. The van der Waals surface area contributed by atoms with Gasteiger partial charge in [0.2, 0.25) is 0 Å². The fourth-order valence-corrected chi connectivity index (χ4v) is 2.65. The minimum absolute atomic E-state index is 0.00280. The summed E-state index contributed by atoms with van der Waals surface area (Å²) < 4.78 is 13.1. The molecule has 1 heterocycles. The summed E-state index contributed by atoms with van der Waals surface area (Å²) in [4.78, 5) is 4.72. The standard InChI is InChI=1S/C19H22FN3/c1-19(2)12-21-17(14-6-4-3-5-7-14)18(22-13-19)23-16-10-8-15(20)9-11-16/h3-11,17,21H,12-13H2,1-2H3,(H,22,23). The van der Waals surface area contributed by atoms with Gasteiger partial charge in [0.05, 0.1) is 11.7 Å². The van der Waals surface area contributed by atoms with Crippen LogP contribution in [0.1, 0.15) is 25.5 Å². The van der Waals surface area contributed by atoms with E-state index in [1.54, 1.807) is 12.1 Å². The first-order valence-corrected chi connectivity index (χ1v) is 7.90. The van der Waals surface area contributed by atoms with Gasteiger partial charge < -0.3 is 10.6 Å². The molecule has 2 N–H and O–H groups in total. The largest absolute Gasteiger partial charge is 0.371 e. The van der Waals surface area contributed by atoms with Crippen LogP contribution in [0.4, 0.5) is 10.1 Å². The Kier molecular flexibility index (Phi) is 4.44. The highest BCUT2D eigenvalue weighted by Gasteiger charge is 2.28. The molecule has 3 rings (SSSR count). The lowest BCUT2D eigenvalue weighted by molar-refractivity contribution is 0.351. The lowest BCUT2D eigenvalue weighted by atomic mass is 9.94. The highest BCUT2D eigenvalue weighted by atomic mass is 19.1. The Morgan fingerprint density at radius 2 is 1.70 bits per heavy atom. The predicted molar refractivity (Wildman–Crippen MR) is 92.5 cm³/mol. The first kappa shape index (κ1) is 15.7. The van der Waals surface area contributed by atoms with E-state index in [0.29, 0.717) is 0 Å². The zero-order valence-electron chi connectivity index (χ0n) is 13.5. The van der Waals surface area contributed by atoms with Gasteiger partial charge in [0.25, 0.3) is 0 Å². The third kappa shape index (κ3) is 3.96. The molecule has 4 heteroatoms. The average Bonchev–Trinajstić information content (AvgIpc) is 2.69. The number of halogens is 1.